The molecule has 1 fully saturated rings. The molecule has 7 heteroatoms. The zero-order valence-electron chi connectivity index (χ0n) is 16.5. The summed E-state index contributed by atoms with van der Waals surface area (Å²) >= 11 is 0. The fourth-order valence-corrected chi connectivity index (χ4v) is 4.80. The number of fused-ring (bicyclic) bond motifs is 5. The predicted molar refractivity (Wildman–Crippen MR) is 111 cm³/mol. The van der Waals surface area contributed by atoms with Crippen LogP contribution in [-0.4, -0.2) is 52.5 Å². The Kier molecular flexibility index (Phi) is 4.12. The van der Waals surface area contributed by atoms with Gasteiger partial charge in [-0.15, -0.1) is 0 Å². The molecule has 3 aromatic rings. The van der Waals surface area contributed by atoms with E-state index in [1.165, 1.54) is 0 Å². The van der Waals surface area contributed by atoms with Gasteiger partial charge in [-0.2, -0.15) is 0 Å². The maximum absolute atomic E-state index is 13.1. The van der Waals surface area contributed by atoms with E-state index >= 15 is 0 Å². The molecule has 1 aromatic carbocycles. The molecular weight excluding hydrogens is 366 g/mol. The number of rotatable bonds is 2. The predicted octanol–water partition coefficient (Wildman–Crippen LogP) is 2.04. The monoisotopic (exact) mass is 389 g/mol. The van der Waals surface area contributed by atoms with Gasteiger partial charge in [0.2, 0.25) is 5.91 Å². The lowest BCUT2D eigenvalue weighted by molar-refractivity contribution is -0.134. The van der Waals surface area contributed by atoms with E-state index in [4.69, 9.17) is 4.98 Å². The molecule has 2 bridgehead atoms. The van der Waals surface area contributed by atoms with Crippen molar-refractivity contribution in [1.82, 2.24) is 19.4 Å². The first-order valence-corrected chi connectivity index (χ1v) is 9.92. The van der Waals surface area contributed by atoms with Gasteiger partial charge in [0.15, 0.2) is 0 Å². The zero-order valence-corrected chi connectivity index (χ0v) is 16.5. The van der Waals surface area contributed by atoms with Crippen LogP contribution in [0.25, 0.3) is 11.0 Å². The molecule has 148 valence electrons. The topological polar surface area (TPSA) is 71.3 Å². The minimum atomic E-state index is -0.485. The van der Waals surface area contributed by atoms with Gasteiger partial charge in [-0.3, -0.25) is 19.1 Å². The summed E-state index contributed by atoms with van der Waals surface area (Å²) in [5.41, 5.74) is 2.56. The molecular formula is C22H23N5O2. The SMILES string of the molecule is CN(C)C(=O)[C@H]1[C@H]2C[C@H](CN(c3cnc4ccccc4n3)C2)c2cccc(=O)n21. The number of pyridine rings is 1. The smallest absolute Gasteiger partial charge is 0.251 e. The average molecular weight is 389 g/mol. The Morgan fingerprint density at radius 1 is 1.07 bits per heavy atom. The summed E-state index contributed by atoms with van der Waals surface area (Å²) < 4.78 is 1.73. The fraction of sp³-hybridized carbons (Fsp3) is 0.364. The lowest BCUT2D eigenvalue weighted by Crippen LogP contribution is -2.53. The second-order valence-corrected chi connectivity index (χ2v) is 8.15. The van der Waals surface area contributed by atoms with Crippen LogP contribution < -0.4 is 10.5 Å². The second kappa shape index (κ2) is 6.69. The molecule has 0 spiro atoms. The molecule has 0 N–H and O–H groups in total. The molecule has 2 aromatic heterocycles. The Labute approximate surface area is 168 Å². The molecule has 1 saturated heterocycles. The van der Waals surface area contributed by atoms with E-state index < -0.39 is 6.04 Å². The van der Waals surface area contributed by atoms with Crippen LogP contribution in [0.4, 0.5) is 5.82 Å². The average Bonchev–Trinajstić information content (AvgIpc) is 2.73. The van der Waals surface area contributed by atoms with Crippen LogP contribution in [0.3, 0.4) is 0 Å². The van der Waals surface area contributed by atoms with Gasteiger partial charge in [0.1, 0.15) is 11.9 Å². The van der Waals surface area contributed by atoms with Gasteiger partial charge in [-0.1, -0.05) is 18.2 Å². The number of aromatic nitrogens is 3. The number of carbonyl (C=O) groups is 1. The maximum atomic E-state index is 13.1. The van der Waals surface area contributed by atoms with Gasteiger partial charge in [0.25, 0.3) is 5.56 Å². The van der Waals surface area contributed by atoms with E-state index in [2.05, 4.69) is 9.88 Å². The quantitative estimate of drug-likeness (QED) is 0.671. The van der Waals surface area contributed by atoms with E-state index in [0.717, 1.165) is 35.5 Å². The van der Waals surface area contributed by atoms with E-state index in [0.29, 0.717) is 6.54 Å². The molecule has 4 heterocycles. The first-order chi connectivity index (χ1) is 14.0. The number of amides is 1. The summed E-state index contributed by atoms with van der Waals surface area (Å²) in [5, 5.41) is 0. The third-order valence-electron chi connectivity index (χ3n) is 6.10. The van der Waals surface area contributed by atoms with Gasteiger partial charge >= 0.3 is 0 Å². The van der Waals surface area contributed by atoms with E-state index in [1.54, 1.807) is 35.7 Å². The first-order valence-electron chi connectivity index (χ1n) is 9.92. The Morgan fingerprint density at radius 3 is 2.66 bits per heavy atom. The lowest BCUT2D eigenvalue weighted by atomic mass is 9.78. The number of para-hydroxylation sites is 2. The van der Waals surface area contributed by atoms with Gasteiger partial charge in [-0.05, 0) is 24.6 Å². The third-order valence-corrected chi connectivity index (χ3v) is 6.10. The standard InChI is InChI=1S/C22H23N5O2/c1-25(2)22(29)21-15-10-14(18-8-5-9-20(28)27(18)21)12-26(13-15)19-11-23-16-6-3-4-7-17(16)24-19/h3-9,11,14-15,21H,10,12-13H2,1-2H3/t14-,15+,21-/m1/s1. The molecule has 2 aliphatic heterocycles. The third kappa shape index (κ3) is 2.88. The first kappa shape index (κ1) is 17.8. The molecule has 2 aliphatic rings. The van der Waals surface area contributed by atoms with Gasteiger partial charge in [-0.25, -0.2) is 4.98 Å². The Bertz CT molecular complexity index is 1160. The summed E-state index contributed by atoms with van der Waals surface area (Å²) in [4.78, 5) is 38.9. The van der Waals surface area contributed by atoms with Crippen molar-refractivity contribution in [2.24, 2.45) is 5.92 Å². The number of nitrogens with zero attached hydrogens (tertiary/aromatic N) is 5. The van der Waals surface area contributed by atoms with Gasteiger partial charge < -0.3 is 9.80 Å². The van der Waals surface area contributed by atoms with Crippen LogP contribution in [0, 0.1) is 5.92 Å². The van der Waals surface area contributed by atoms with Crippen molar-refractivity contribution in [2.45, 2.75) is 18.4 Å². The number of benzene rings is 1. The number of carbonyl (C=O) groups excluding carboxylic acids is 1. The number of piperidine rings is 1. The lowest BCUT2D eigenvalue weighted by Gasteiger charge is -2.47. The van der Waals surface area contributed by atoms with Crippen molar-refractivity contribution in [1.29, 1.82) is 0 Å². The van der Waals surface area contributed by atoms with Gasteiger partial charge in [0, 0.05) is 50.8 Å². The van der Waals surface area contributed by atoms with Crippen LogP contribution in [0.5, 0.6) is 0 Å². The number of likely N-dealkylation sites (N-methyl/N-ethyl adjacent to an activating group) is 1. The van der Waals surface area contributed by atoms with E-state index in [9.17, 15) is 9.59 Å². The van der Waals surface area contributed by atoms with Crippen molar-refractivity contribution in [2.75, 3.05) is 32.1 Å². The summed E-state index contributed by atoms with van der Waals surface area (Å²) in [7, 11) is 3.49. The molecule has 7 nitrogen and oxygen atoms in total. The highest BCUT2D eigenvalue weighted by atomic mass is 16.2. The summed E-state index contributed by atoms with van der Waals surface area (Å²) in [6, 6.07) is 12.7. The second-order valence-electron chi connectivity index (χ2n) is 8.15. The van der Waals surface area contributed by atoms with E-state index in [1.807, 2.05) is 36.5 Å². The fourth-order valence-electron chi connectivity index (χ4n) is 4.80. The number of anilines is 1. The highest BCUT2D eigenvalue weighted by Gasteiger charge is 2.44. The number of hydrogen-bond acceptors (Lipinski definition) is 5. The minimum absolute atomic E-state index is 0.0329. The summed E-state index contributed by atoms with van der Waals surface area (Å²) in [5.74, 6) is 1.02. The molecule has 0 aliphatic carbocycles. The summed E-state index contributed by atoms with van der Waals surface area (Å²) in [6.45, 7) is 1.43. The van der Waals surface area contributed by atoms with Crippen LogP contribution in [0.1, 0.15) is 24.1 Å². The van der Waals surface area contributed by atoms with Crippen LogP contribution in [0.2, 0.25) is 0 Å². The highest BCUT2D eigenvalue weighted by molar-refractivity contribution is 5.81. The molecule has 5 rings (SSSR count). The molecule has 29 heavy (non-hydrogen) atoms. The molecule has 0 saturated carbocycles. The van der Waals surface area contributed by atoms with Crippen LogP contribution in [0.15, 0.2) is 53.5 Å². The van der Waals surface area contributed by atoms with Crippen molar-refractivity contribution in [3.63, 3.8) is 0 Å². The van der Waals surface area contributed by atoms with Crippen molar-refractivity contribution < 1.29 is 4.79 Å². The van der Waals surface area contributed by atoms with Crippen molar-refractivity contribution in [3.8, 4) is 0 Å². The molecule has 0 radical (unpaired) electrons. The van der Waals surface area contributed by atoms with Crippen molar-refractivity contribution in [3.05, 3.63) is 64.7 Å². The minimum Gasteiger partial charge on any atom is -0.354 e. The highest BCUT2D eigenvalue weighted by Crippen LogP contribution is 2.42. The molecule has 1 amide bonds. The maximum Gasteiger partial charge on any atom is 0.251 e. The van der Waals surface area contributed by atoms with Crippen molar-refractivity contribution >= 4 is 22.8 Å². The summed E-state index contributed by atoms with van der Waals surface area (Å²) in [6.07, 6.45) is 2.70. The number of hydrogen-bond donors (Lipinski definition) is 0. The largest absolute Gasteiger partial charge is 0.354 e. The normalized spacial score (nSPS) is 23.0. The van der Waals surface area contributed by atoms with E-state index in [-0.39, 0.29) is 23.3 Å². The Morgan fingerprint density at radius 2 is 1.86 bits per heavy atom. The molecule has 0 unspecified atom stereocenters. The van der Waals surface area contributed by atoms with Crippen LogP contribution >= 0.6 is 0 Å². The van der Waals surface area contributed by atoms with Crippen LogP contribution in [-0.2, 0) is 4.79 Å². The zero-order chi connectivity index (χ0) is 20.1. The Balaban J connectivity index is 1.58. The van der Waals surface area contributed by atoms with Gasteiger partial charge in [0.05, 0.1) is 17.2 Å². The Hall–Kier alpha value is -3.22. The molecule has 3 atom stereocenters.